The molecule has 1 aliphatic heterocycles. The van der Waals surface area contributed by atoms with Crippen LogP contribution in [0.4, 0.5) is 5.69 Å². The molecule has 32 heavy (non-hydrogen) atoms. The smallest absolute Gasteiger partial charge is 0.252 e. The zero-order valence-corrected chi connectivity index (χ0v) is 18.2. The minimum atomic E-state index is -0.796. The van der Waals surface area contributed by atoms with Crippen molar-refractivity contribution in [3.63, 3.8) is 0 Å². The van der Waals surface area contributed by atoms with Crippen molar-refractivity contribution in [3.8, 4) is 17.7 Å². The fraction of sp³-hybridized carbons (Fsp3) is 0.391. The van der Waals surface area contributed by atoms with Gasteiger partial charge in [0.05, 0.1) is 23.5 Å². The predicted octanol–water partition coefficient (Wildman–Crippen LogP) is 2.01. The van der Waals surface area contributed by atoms with Crippen LogP contribution in [0.25, 0.3) is 11.0 Å². The van der Waals surface area contributed by atoms with Gasteiger partial charge in [-0.1, -0.05) is 0 Å². The van der Waals surface area contributed by atoms with Crippen LogP contribution in [0.5, 0.6) is 11.6 Å². The van der Waals surface area contributed by atoms with Gasteiger partial charge >= 0.3 is 0 Å². The molecule has 9 nitrogen and oxygen atoms in total. The van der Waals surface area contributed by atoms with Crippen molar-refractivity contribution in [2.45, 2.75) is 38.6 Å². The van der Waals surface area contributed by atoms with E-state index in [9.17, 15) is 15.2 Å². The standard InChI is InChI=1S/C23H25N5O4/c1-14(2)31-16-5-7-21(25-12-16)32-20-8-9-28(13-19(20)29)18-10-22(30)27(3)17-6-4-15(11-24)26-23(17)18/h4-7,10,12,14,19-20,29H,8-9,13H2,1-3H3. The normalized spacial score (nSPS) is 18.6. The molecule has 0 radical (unpaired) electrons. The first-order valence-electron chi connectivity index (χ1n) is 10.5. The number of β-amino-alcohol motifs (C(OH)–C–C–N with tert-alkyl or cyclic N) is 1. The van der Waals surface area contributed by atoms with E-state index in [1.165, 1.54) is 10.6 Å². The van der Waals surface area contributed by atoms with Crippen LogP contribution < -0.4 is 19.9 Å². The Balaban J connectivity index is 1.52. The van der Waals surface area contributed by atoms with E-state index in [-0.39, 0.29) is 23.9 Å². The summed E-state index contributed by atoms with van der Waals surface area (Å²) in [6, 6.07) is 10.4. The highest BCUT2D eigenvalue weighted by Crippen LogP contribution is 2.28. The summed E-state index contributed by atoms with van der Waals surface area (Å²) in [5.41, 5.74) is 1.88. The second-order valence-corrected chi connectivity index (χ2v) is 8.06. The number of aryl methyl sites for hydroxylation is 1. The van der Waals surface area contributed by atoms with Crippen molar-refractivity contribution in [1.29, 1.82) is 5.26 Å². The Bertz CT molecular complexity index is 1220. The summed E-state index contributed by atoms with van der Waals surface area (Å²) in [6.45, 7) is 4.70. The van der Waals surface area contributed by atoms with Crippen LogP contribution in [0.15, 0.2) is 41.3 Å². The van der Waals surface area contributed by atoms with Crippen LogP contribution in [0, 0.1) is 11.3 Å². The summed E-state index contributed by atoms with van der Waals surface area (Å²) in [5.74, 6) is 1.07. The van der Waals surface area contributed by atoms with Crippen LogP contribution in [0.1, 0.15) is 26.0 Å². The van der Waals surface area contributed by atoms with E-state index in [0.717, 1.165) is 0 Å². The van der Waals surface area contributed by atoms with Gasteiger partial charge < -0.3 is 24.0 Å². The fourth-order valence-electron chi connectivity index (χ4n) is 3.81. The number of piperidine rings is 1. The van der Waals surface area contributed by atoms with E-state index >= 15 is 0 Å². The van der Waals surface area contributed by atoms with Gasteiger partial charge in [-0.25, -0.2) is 9.97 Å². The molecule has 4 heterocycles. The maximum atomic E-state index is 12.5. The molecule has 3 aromatic rings. The number of aliphatic hydroxyl groups is 1. The van der Waals surface area contributed by atoms with Crippen molar-refractivity contribution >= 4 is 16.7 Å². The van der Waals surface area contributed by atoms with Crippen molar-refractivity contribution < 1.29 is 14.6 Å². The summed E-state index contributed by atoms with van der Waals surface area (Å²) in [5, 5.41) is 20.0. The van der Waals surface area contributed by atoms with Gasteiger partial charge in [0.25, 0.3) is 5.56 Å². The third-order valence-electron chi connectivity index (χ3n) is 5.40. The quantitative estimate of drug-likeness (QED) is 0.647. The largest absolute Gasteiger partial charge is 0.489 e. The monoisotopic (exact) mass is 435 g/mol. The Morgan fingerprint density at radius 3 is 2.75 bits per heavy atom. The molecule has 1 N–H and O–H groups in total. The molecule has 0 bridgehead atoms. The first-order valence-corrected chi connectivity index (χ1v) is 10.5. The summed E-state index contributed by atoms with van der Waals surface area (Å²) in [6.07, 6.45) is 0.953. The van der Waals surface area contributed by atoms with Crippen LogP contribution in [0.2, 0.25) is 0 Å². The number of aromatic nitrogens is 3. The van der Waals surface area contributed by atoms with Crippen LogP contribution in [0.3, 0.4) is 0 Å². The van der Waals surface area contributed by atoms with E-state index in [1.54, 1.807) is 37.5 Å². The maximum absolute atomic E-state index is 12.5. The lowest BCUT2D eigenvalue weighted by atomic mass is 10.0. The summed E-state index contributed by atoms with van der Waals surface area (Å²) in [4.78, 5) is 23.1. The number of pyridine rings is 3. The van der Waals surface area contributed by atoms with Crippen LogP contribution >= 0.6 is 0 Å². The Labute approximate surface area is 185 Å². The molecular weight excluding hydrogens is 410 g/mol. The molecule has 4 rings (SSSR count). The summed E-state index contributed by atoms with van der Waals surface area (Å²) in [7, 11) is 1.67. The van der Waals surface area contributed by atoms with E-state index in [1.807, 2.05) is 24.8 Å². The highest BCUT2D eigenvalue weighted by Gasteiger charge is 2.31. The van der Waals surface area contributed by atoms with Crippen LogP contribution in [-0.2, 0) is 7.05 Å². The highest BCUT2D eigenvalue weighted by atomic mass is 16.5. The third-order valence-corrected chi connectivity index (χ3v) is 5.40. The van der Waals surface area contributed by atoms with Gasteiger partial charge in [0.1, 0.15) is 35.2 Å². The van der Waals surface area contributed by atoms with Crippen molar-refractivity contribution in [1.82, 2.24) is 14.5 Å². The fourth-order valence-corrected chi connectivity index (χ4v) is 3.81. The van der Waals surface area contributed by atoms with Gasteiger partial charge in [-0.2, -0.15) is 5.26 Å². The number of ether oxygens (including phenoxy) is 2. The molecule has 0 aromatic carbocycles. The minimum Gasteiger partial charge on any atom is -0.489 e. The first-order chi connectivity index (χ1) is 15.4. The number of nitriles is 1. The SMILES string of the molecule is CC(C)Oc1ccc(OC2CCN(c3cc(=O)n(C)c4ccc(C#N)nc34)CC2O)nc1. The highest BCUT2D eigenvalue weighted by molar-refractivity contribution is 5.88. The molecular formula is C23H25N5O4. The van der Waals surface area contributed by atoms with E-state index in [4.69, 9.17) is 9.47 Å². The Hall–Kier alpha value is -3.64. The zero-order chi connectivity index (χ0) is 22.8. The Morgan fingerprint density at radius 1 is 1.28 bits per heavy atom. The molecule has 0 aliphatic carbocycles. The number of hydrogen-bond acceptors (Lipinski definition) is 8. The molecule has 1 saturated heterocycles. The molecule has 3 aromatic heterocycles. The predicted molar refractivity (Wildman–Crippen MR) is 119 cm³/mol. The lowest BCUT2D eigenvalue weighted by molar-refractivity contribution is 0.0216. The van der Waals surface area contributed by atoms with Gasteiger partial charge in [0, 0.05) is 38.7 Å². The number of rotatable bonds is 5. The van der Waals surface area contributed by atoms with Gasteiger partial charge in [-0.3, -0.25) is 4.79 Å². The summed E-state index contributed by atoms with van der Waals surface area (Å²) >= 11 is 0. The van der Waals surface area contributed by atoms with E-state index in [2.05, 4.69) is 9.97 Å². The van der Waals surface area contributed by atoms with Crippen molar-refractivity contribution in [2.75, 3.05) is 18.0 Å². The lowest BCUT2D eigenvalue weighted by Crippen LogP contribution is -2.49. The van der Waals surface area contributed by atoms with Gasteiger partial charge in [0.15, 0.2) is 0 Å². The molecule has 2 unspecified atom stereocenters. The average Bonchev–Trinajstić information content (AvgIpc) is 2.78. The van der Waals surface area contributed by atoms with E-state index < -0.39 is 12.2 Å². The second-order valence-electron chi connectivity index (χ2n) is 8.06. The molecule has 2 atom stereocenters. The number of aliphatic hydroxyl groups excluding tert-OH is 1. The maximum Gasteiger partial charge on any atom is 0.252 e. The van der Waals surface area contributed by atoms with E-state index in [0.29, 0.717) is 41.3 Å². The molecule has 166 valence electrons. The Morgan fingerprint density at radius 2 is 2.09 bits per heavy atom. The number of anilines is 1. The molecule has 0 spiro atoms. The third kappa shape index (κ3) is 4.36. The molecule has 0 saturated carbocycles. The number of nitrogens with zero attached hydrogens (tertiary/aromatic N) is 5. The molecule has 1 fully saturated rings. The zero-order valence-electron chi connectivity index (χ0n) is 18.2. The number of hydrogen-bond donors (Lipinski definition) is 1. The van der Waals surface area contributed by atoms with Crippen molar-refractivity contribution in [3.05, 3.63) is 52.6 Å². The lowest BCUT2D eigenvalue weighted by Gasteiger charge is -2.37. The van der Waals surface area contributed by atoms with Gasteiger partial charge in [0.2, 0.25) is 5.88 Å². The topological polar surface area (TPSA) is 114 Å². The second kappa shape index (κ2) is 8.85. The van der Waals surface area contributed by atoms with Gasteiger partial charge in [-0.15, -0.1) is 0 Å². The number of fused-ring (bicyclic) bond motifs is 1. The Kier molecular flexibility index (Phi) is 5.97. The minimum absolute atomic E-state index is 0.0549. The van der Waals surface area contributed by atoms with Crippen molar-refractivity contribution in [2.24, 2.45) is 7.05 Å². The van der Waals surface area contributed by atoms with Gasteiger partial charge in [-0.05, 0) is 32.0 Å². The average molecular weight is 435 g/mol. The van der Waals surface area contributed by atoms with Crippen LogP contribution in [-0.4, -0.2) is 51.0 Å². The summed E-state index contributed by atoms with van der Waals surface area (Å²) < 4.78 is 13.0. The molecule has 0 amide bonds. The first kappa shape index (κ1) is 21.6. The molecule has 9 heteroatoms. The molecule has 1 aliphatic rings.